The van der Waals surface area contributed by atoms with Crippen molar-refractivity contribution in [2.75, 3.05) is 7.11 Å². The number of aromatic nitrogens is 2. The number of nitrogens with one attached hydrogen (secondary N) is 1. The lowest BCUT2D eigenvalue weighted by Gasteiger charge is -2.02. The maximum atomic E-state index is 11.6. The number of esters is 1. The van der Waals surface area contributed by atoms with Crippen molar-refractivity contribution in [2.45, 2.75) is 0 Å². The van der Waals surface area contributed by atoms with E-state index in [1.807, 2.05) is 60.7 Å². The zero-order valence-corrected chi connectivity index (χ0v) is 14.8. The molecule has 27 heavy (non-hydrogen) atoms. The molecule has 0 aliphatic carbocycles. The average Bonchev–Trinajstić information content (AvgIpc) is 3.20. The molecule has 4 nitrogen and oxygen atoms in total. The number of carbonyl (C=O) groups excluding carboxylic acids is 1. The van der Waals surface area contributed by atoms with Crippen LogP contribution in [0.5, 0.6) is 0 Å². The second kappa shape index (κ2) is 7.30. The van der Waals surface area contributed by atoms with Gasteiger partial charge in [0.2, 0.25) is 0 Å². The first-order chi connectivity index (χ1) is 13.3. The molecule has 1 heterocycles. The fourth-order valence-electron chi connectivity index (χ4n) is 3.01. The van der Waals surface area contributed by atoms with Crippen LogP contribution in [0.3, 0.4) is 0 Å². The van der Waals surface area contributed by atoms with Gasteiger partial charge in [0, 0.05) is 16.7 Å². The summed E-state index contributed by atoms with van der Waals surface area (Å²) in [6.07, 6.45) is 0. The number of H-pyrrole nitrogens is 1. The summed E-state index contributed by atoms with van der Waals surface area (Å²) >= 11 is 0. The number of ether oxygens (including phenoxy) is 1. The Kier molecular flexibility index (Phi) is 4.54. The third kappa shape index (κ3) is 3.37. The monoisotopic (exact) mass is 354 g/mol. The highest BCUT2D eigenvalue weighted by Crippen LogP contribution is 2.32. The first-order valence-electron chi connectivity index (χ1n) is 8.66. The highest BCUT2D eigenvalue weighted by Gasteiger charge is 2.15. The number of aromatic amines is 1. The molecule has 0 atom stereocenters. The summed E-state index contributed by atoms with van der Waals surface area (Å²) in [4.78, 5) is 19.9. The molecule has 0 bridgehead atoms. The number of rotatable bonds is 4. The Hall–Kier alpha value is -3.66. The quantitative estimate of drug-likeness (QED) is 0.513. The molecule has 0 saturated heterocycles. The highest BCUT2D eigenvalue weighted by molar-refractivity contribution is 5.90. The fourth-order valence-corrected chi connectivity index (χ4v) is 3.01. The molecule has 132 valence electrons. The molecular weight excluding hydrogens is 336 g/mol. The van der Waals surface area contributed by atoms with E-state index in [0.717, 1.165) is 33.9 Å². The lowest BCUT2D eigenvalue weighted by Crippen LogP contribution is -2.00. The van der Waals surface area contributed by atoms with Gasteiger partial charge in [0.05, 0.1) is 24.1 Å². The molecule has 0 unspecified atom stereocenters. The second-order valence-corrected chi connectivity index (χ2v) is 6.11. The molecule has 1 N–H and O–H groups in total. The Bertz CT molecular complexity index is 996. The van der Waals surface area contributed by atoms with Crippen molar-refractivity contribution < 1.29 is 9.53 Å². The van der Waals surface area contributed by atoms with Crippen LogP contribution in [0.1, 0.15) is 10.4 Å². The van der Waals surface area contributed by atoms with Crippen molar-refractivity contribution in [1.29, 1.82) is 0 Å². The number of hydrogen-bond donors (Lipinski definition) is 1. The molecule has 0 fully saturated rings. The van der Waals surface area contributed by atoms with E-state index in [1.165, 1.54) is 7.11 Å². The van der Waals surface area contributed by atoms with Crippen molar-refractivity contribution in [3.8, 4) is 33.9 Å². The first kappa shape index (κ1) is 16.8. The molecule has 1 aromatic heterocycles. The van der Waals surface area contributed by atoms with Crippen LogP contribution in [-0.4, -0.2) is 23.0 Å². The molecule has 3 aromatic carbocycles. The van der Waals surface area contributed by atoms with E-state index in [-0.39, 0.29) is 5.97 Å². The van der Waals surface area contributed by atoms with E-state index in [4.69, 9.17) is 9.72 Å². The van der Waals surface area contributed by atoms with Crippen molar-refractivity contribution >= 4 is 5.97 Å². The topological polar surface area (TPSA) is 55.0 Å². The molecule has 0 aliphatic heterocycles. The zero-order chi connectivity index (χ0) is 18.6. The van der Waals surface area contributed by atoms with Crippen molar-refractivity contribution in [3.63, 3.8) is 0 Å². The molecule has 0 radical (unpaired) electrons. The summed E-state index contributed by atoms with van der Waals surface area (Å²) in [5.74, 6) is 0.403. The van der Waals surface area contributed by atoms with Crippen molar-refractivity contribution in [3.05, 3.63) is 90.5 Å². The lowest BCUT2D eigenvalue weighted by molar-refractivity contribution is 0.0601. The lowest BCUT2D eigenvalue weighted by atomic mass is 10.1. The van der Waals surface area contributed by atoms with Gasteiger partial charge in [-0.05, 0) is 12.1 Å². The summed E-state index contributed by atoms with van der Waals surface area (Å²) < 4.78 is 4.76. The number of nitrogens with zero attached hydrogens (tertiary/aromatic N) is 1. The maximum Gasteiger partial charge on any atom is 0.337 e. The minimum Gasteiger partial charge on any atom is -0.465 e. The SMILES string of the molecule is COC(=O)c1ccc(-c2nc(-c3ccccc3)c(-c3ccccc3)[nH]2)cc1. The largest absolute Gasteiger partial charge is 0.465 e. The average molecular weight is 354 g/mol. The normalized spacial score (nSPS) is 10.6. The summed E-state index contributed by atoms with van der Waals surface area (Å²) in [5, 5.41) is 0. The van der Waals surface area contributed by atoms with E-state index in [2.05, 4.69) is 17.1 Å². The number of imidazole rings is 1. The molecule has 0 aliphatic rings. The van der Waals surface area contributed by atoms with Crippen LogP contribution in [-0.2, 0) is 4.74 Å². The molecule has 0 amide bonds. The summed E-state index contributed by atoms with van der Waals surface area (Å²) in [6.45, 7) is 0. The van der Waals surface area contributed by atoms with Gasteiger partial charge in [-0.25, -0.2) is 9.78 Å². The van der Waals surface area contributed by atoms with Gasteiger partial charge in [-0.2, -0.15) is 0 Å². The molecular formula is C23H18N2O2. The van der Waals surface area contributed by atoms with Gasteiger partial charge in [-0.1, -0.05) is 72.8 Å². The predicted octanol–water partition coefficient (Wildman–Crippen LogP) is 5.20. The Morgan fingerprint density at radius 2 is 1.37 bits per heavy atom. The van der Waals surface area contributed by atoms with E-state index in [1.54, 1.807) is 12.1 Å². The highest BCUT2D eigenvalue weighted by atomic mass is 16.5. The minimum atomic E-state index is -0.351. The van der Waals surface area contributed by atoms with Crippen LogP contribution in [0.2, 0.25) is 0 Å². The third-order valence-corrected chi connectivity index (χ3v) is 4.39. The van der Waals surface area contributed by atoms with Crippen LogP contribution in [0.25, 0.3) is 33.9 Å². The van der Waals surface area contributed by atoms with Crippen molar-refractivity contribution in [1.82, 2.24) is 9.97 Å². The van der Waals surface area contributed by atoms with Gasteiger partial charge in [-0.15, -0.1) is 0 Å². The number of benzene rings is 3. The Balaban J connectivity index is 1.81. The summed E-state index contributed by atoms with van der Waals surface area (Å²) in [7, 11) is 1.38. The van der Waals surface area contributed by atoms with E-state index >= 15 is 0 Å². The van der Waals surface area contributed by atoms with Crippen LogP contribution in [0.15, 0.2) is 84.9 Å². The van der Waals surface area contributed by atoms with Gasteiger partial charge in [0.15, 0.2) is 0 Å². The molecule has 0 saturated carbocycles. The van der Waals surface area contributed by atoms with Gasteiger partial charge in [0.1, 0.15) is 5.82 Å². The first-order valence-corrected chi connectivity index (χ1v) is 8.66. The van der Waals surface area contributed by atoms with Gasteiger partial charge in [0.25, 0.3) is 0 Å². The maximum absolute atomic E-state index is 11.6. The summed E-state index contributed by atoms with van der Waals surface area (Å²) in [6, 6.07) is 27.5. The van der Waals surface area contributed by atoms with Gasteiger partial charge in [-0.3, -0.25) is 0 Å². The number of hydrogen-bond acceptors (Lipinski definition) is 3. The number of carbonyl (C=O) groups is 1. The van der Waals surface area contributed by atoms with Gasteiger partial charge >= 0.3 is 5.97 Å². The van der Waals surface area contributed by atoms with Crippen LogP contribution >= 0.6 is 0 Å². The number of methoxy groups -OCH3 is 1. The van der Waals surface area contributed by atoms with Crippen LogP contribution < -0.4 is 0 Å². The van der Waals surface area contributed by atoms with Crippen LogP contribution in [0.4, 0.5) is 0 Å². The Morgan fingerprint density at radius 1 is 0.778 bits per heavy atom. The predicted molar refractivity (Wildman–Crippen MR) is 106 cm³/mol. The molecule has 4 heteroatoms. The summed E-state index contributed by atoms with van der Waals surface area (Å²) in [5.41, 5.74) is 5.40. The Morgan fingerprint density at radius 3 is 1.96 bits per heavy atom. The molecule has 4 aromatic rings. The van der Waals surface area contributed by atoms with E-state index in [9.17, 15) is 4.79 Å². The smallest absolute Gasteiger partial charge is 0.337 e. The third-order valence-electron chi connectivity index (χ3n) is 4.39. The van der Waals surface area contributed by atoms with Gasteiger partial charge < -0.3 is 9.72 Å². The van der Waals surface area contributed by atoms with Crippen LogP contribution in [0, 0.1) is 0 Å². The standard InChI is InChI=1S/C23H18N2O2/c1-27-23(26)19-14-12-18(13-15-19)22-24-20(16-8-4-2-5-9-16)21(25-22)17-10-6-3-7-11-17/h2-15H,1H3,(H,24,25). The minimum absolute atomic E-state index is 0.351. The molecule has 4 rings (SSSR count). The van der Waals surface area contributed by atoms with Crippen molar-refractivity contribution in [2.24, 2.45) is 0 Å². The zero-order valence-electron chi connectivity index (χ0n) is 14.8. The van der Waals surface area contributed by atoms with E-state index < -0.39 is 0 Å². The Labute approximate surface area is 157 Å². The fraction of sp³-hybridized carbons (Fsp3) is 0.0435. The second-order valence-electron chi connectivity index (χ2n) is 6.11. The van der Waals surface area contributed by atoms with E-state index in [0.29, 0.717) is 5.56 Å². The molecule has 0 spiro atoms.